The number of anilines is 1. The fourth-order valence-corrected chi connectivity index (χ4v) is 0.952. The summed E-state index contributed by atoms with van der Waals surface area (Å²) in [4.78, 5) is 5.69. The van der Waals surface area contributed by atoms with Crippen LogP contribution in [0.2, 0.25) is 0 Å². The van der Waals surface area contributed by atoms with Gasteiger partial charge in [0.2, 0.25) is 0 Å². The van der Waals surface area contributed by atoms with E-state index in [1.165, 1.54) is 0 Å². The van der Waals surface area contributed by atoms with Crippen LogP contribution in [0.25, 0.3) is 0 Å². The molecule has 0 saturated heterocycles. The Morgan fingerprint density at radius 1 is 1.50 bits per heavy atom. The number of hydrogen-bond donors (Lipinski definition) is 1. The molecule has 0 spiro atoms. The van der Waals surface area contributed by atoms with Crippen LogP contribution in [0.4, 0.5) is 5.69 Å². The van der Waals surface area contributed by atoms with E-state index in [0.29, 0.717) is 0 Å². The number of aliphatic imine (C=N–C) groups is 1. The van der Waals surface area contributed by atoms with Gasteiger partial charge in [0, 0.05) is 25.8 Å². The summed E-state index contributed by atoms with van der Waals surface area (Å²) in [6.07, 6.45) is 1.69. The maximum Gasteiger partial charge on any atom is 0.117 e. The smallest absolute Gasteiger partial charge is 0.117 e. The van der Waals surface area contributed by atoms with Gasteiger partial charge in [-0.05, 0) is 12.1 Å². The van der Waals surface area contributed by atoms with E-state index in [4.69, 9.17) is 5.11 Å². The molecule has 0 saturated carbocycles. The molecule has 0 aliphatic heterocycles. The summed E-state index contributed by atoms with van der Waals surface area (Å²) in [5.74, 6) is 0.267. The molecule has 12 heavy (non-hydrogen) atoms. The van der Waals surface area contributed by atoms with E-state index < -0.39 is 0 Å². The Bertz CT molecular complexity index is 284. The molecule has 0 unspecified atom stereocenters. The third-order valence-corrected chi connectivity index (χ3v) is 1.53. The highest BCUT2D eigenvalue weighted by atomic mass is 16.3. The molecule has 0 amide bonds. The first-order chi connectivity index (χ1) is 5.74. The van der Waals surface area contributed by atoms with Gasteiger partial charge >= 0.3 is 0 Å². The van der Waals surface area contributed by atoms with E-state index in [0.717, 1.165) is 5.69 Å². The third kappa shape index (κ3) is 1.99. The molecule has 3 nitrogen and oxygen atoms in total. The predicted octanol–water partition coefficient (Wildman–Crippen LogP) is 1.49. The van der Waals surface area contributed by atoms with Crippen LogP contribution in [-0.2, 0) is 0 Å². The van der Waals surface area contributed by atoms with Crippen LogP contribution in [0.3, 0.4) is 0 Å². The zero-order valence-electron chi connectivity index (χ0n) is 7.23. The van der Waals surface area contributed by atoms with E-state index in [2.05, 4.69) is 4.99 Å². The molecule has 0 atom stereocenters. The summed E-state index contributed by atoms with van der Waals surface area (Å²) in [7, 11) is 3.58. The molecule has 64 valence electrons. The summed E-state index contributed by atoms with van der Waals surface area (Å²) in [5.41, 5.74) is 0.917. The predicted molar refractivity (Wildman–Crippen MR) is 50.9 cm³/mol. The van der Waals surface area contributed by atoms with Crippen LogP contribution in [0.5, 0.6) is 5.75 Å². The summed E-state index contributed by atoms with van der Waals surface area (Å²) in [5, 5.41) is 9.16. The number of benzene rings is 1. The van der Waals surface area contributed by atoms with Crippen molar-refractivity contribution in [3.05, 3.63) is 24.3 Å². The number of phenols is 1. The van der Waals surface area contributed by atoms with Gasteiger partial charge in [-0.2, -0.15) is 0 Å². The van der Waals surface area contributed by atoms with Crippen molar-refractivity contribution in [3.63, 3.8) is 0 Å². The second-order valence-electron chi connectivity index (χ2n) is 2.50. The Hall–Kier alpha value is -1.51. The van der Waals surface area contributed by atoms with Crippen molar-refractivity contribution in [2.75, 3.05) is 19.0 Å². The normalized spacial score (nSPS) is 10.5. The number of rotatable bonds is 2. The molecule has 1 rings (SSSR count). The Morgan fingerprint density at radius 3 is 2.83 bits per heavy atom. The molecule has 1 N–H and O–H groups in total. The lowest BCUT2D eigenvalue weighted by atomic mass is 10.3. The van der Waals surface area contributed by atoms with Crippen LogP contribution in [0, 0.1) is 0 Å². The molecular weight excluding hydrogens is 152 g/mol. The van der Waals surface area contributed by atoms with Gasteiger partial charge in [0.15, 0.2) is 0 Å². The fraction of sp³-hybridized carbons (Fsp3) is 0.222. The Morgan fingerprint density at radius 2 is 2.25 bits per heavy atom. The van der Waals surface area contributed by atoms with E-state index in [1.54, 1.807) is 31.6 Å². The average molecular weight is 164 g/mol. The number of aromatic hydroxyl groups is 1. The summed E-state index contributed by atoms with van der Waals surface area (Å²) >= 11 is 0. The minimum Gasteiger partial charge on any atom is -0.508 e. The molecule has 0 aliphatic rings. The molecular formula is C9H12N2O. The molecule has 0 aliphatic carbocycles. The van der Waals surface area contributed by atoms with Gasteiger partial charge < -0.3 is 10.0 Å². The first-order valence-corrected chi connectivity index (χ1v) is 3.68. The van der Waals surface area contributed by atoms with Crippen molar-refractivity contribution in [1.29, 1.82) is 0 Å². The van der Waals surface area contributed by atoms with Crippen molar-refractivity contribution in [3.8, 4) is 5.75 Å². The van der Waals surface area contributed by atoms with Gasteiger partial charge in [-0.15, -0.1) is 0 Å². The van der Waals surface area contributed by atoms with Crippen molar-refractivity contribution in [1.82, 2.24) is 0 Å². The quantitative estimate of drug-likeness (QED) is 0.531. The third-order valence-electron chi connectivity index (χ3n) is 1.53. The number of phenolic OH excluding ortho intramolecular Hbond substituents is 1. The molecule has 0 heterocycles. The van der Waals surface area contributed by atoms with Crippen LogP contribution < -0.4 is 4.90 Å². The largest absolute Gasteiger partial charge is 0.508 e. The van der Waals surface area contributed by atoms with Gasteiger partial charge in [0.05, 0.1) is 6.34 Å². The molecule has 0 aromatic heterocycles. The lowest BCUT2D eigenvalue weighted by Gasteiger charge is -2.12. The minimum absolute atomic E-state index is 0.267. The summed E-state index contributed by atoms with van der Waals surface area (Å²) in [6.45, 7) is 0. The van der Waals surface area contributed by atoms with E-state index in [-0.39, 0.29) is 5.75 Å². The maximum atomic E-state index is 9.16. The van der Waals surface area contributed by atoms with Crippen molar-refractivity contribution in [2.45, 2.75) is 0 Å². The highest BCUT2D eigenvalue weighted by Gasteiger charge is 1.96. The van der Waals surface area contributed by atoms with Gasteiger partial charge in [-0.3, -0.25) is 4.99 Å². The topological polar surface area (TPSA) is 35.8 Å². The van der Waals surface area contributed by atoms with Crippen LogP contribution in [-0.4, -0.2) is 25.5 Å². The zero-order valence-corrected chi connectivity index (χ0v) is 7.23. The van der Waals surface area contributed by atoms with E-state index >= 15 is 0 Å². The molecule has 0 bridgehead atoms. The van der Waals surface area contributed by atoms with Gasteiger partial charge in [-0.1, -0.05) is 6.07 Å². The van der Waals surface area contributed by atoms with Crippen molar-refractivity contribution < 1.29 is 5.11 Å². The van der Waals surface area contributed by atoms with Crippen LogP contribution >= 0.6 is 0 Å². The highest BCUT2D eigenvalue weighted by molar-refractivity contribution is 5.78. The Kier molecular flexibility index (Phi) is 2.69. The minimum atomic E-state index is 0.267. The van der Waals surface area contributed by atoms with E-state index in [9.17, 15) is 0 Å². The second kappa shape index (κ2) is 3.76. The summed E-state index contributed by atoms with van der Waals surface area (Å²) in [6, 6.07) is 7.02. The lowest BCUT2D eigenvalue weighted by Crippen LogP contribution is -2.13. The monoisotopic (exact) mass is 164 g/mol. The first-order valence-electron chi connectivity index (χ1n) is 3.68. The number of nitrogens with zero attached hydrogens (tertiary/aromatic N) is 2. The van der Waals surface area contributed by atoms with Gasteiger partial charge in [0.25, 0.3) is 0 Å². The Labute approximate surface area is 72.0 Å². The SMILES string of the molecule is CN=CN(C)c1cccc(O)c1. The van der Waals surface area contributed by atoms with Gasteiger partial charge in [0.1, 0.15) is 5.75 Å². The summed E-state index contributed by atoms with van der Waals surface area (Å²) < 4.78 is 0. The standard InChI is InChI=1S/C9H12N2O/c1-10-7-11(2)8-4-3-5-9(12)6-8/h3-7,12H,1-2H3. The first kappa shape index (κ1) is 8.59. The van der Waals surface area contributed by atoms with Crippen molar-refractivity contribution in [2.24, 2.45) is 4.99 Å². The second-order valence-corrected chi connectivity index (χ2v) is 2.50. The van der Waals surface area contributed by atoms with Crippen LogP contribution in [0.1, 0.15) is 0 Å². The van der Waals surface area contributed by atoms with Crippen molar-refractivity contribution >= 4 is 12.0 Å². The van der Waals surface area contributed by atoms with Gasteiger partial charge in [-0.25, -0.2) is 0 Å². The lowest BCUT2D eigenvalue weighted by molar-refractivity contribution is 0.475. The molecule has 1 aromatic rings. The molecule has 0 fully saturated rings. The Balaban J connectivity index is 2.87. The zero-order chi connectivity index (χ0) is 8.97. The maximum absolute atomic E-state index is 9.16. The highest BCUT2D eigenvalue weighted by Crippen LogP contribution is 2.17. The molecule has 3 heteroatoms. The van der Waals surface area contributed by atoms with E-state index in [1.807, 2.05) is 18.0 Å². The number of hydrogen-bond acceptors (Lipinski definition) is 2. The average Bonchev–Trinajstić information content (AvgIpc) is 2.05. The fourth-order valence-electron chi connectivity index (χ4n) is 0.952. The molecule has 1 aromatic carbocycles. The molecule has 0 radical (unpaired) electrons. The van der Waals surface area contributed by atoms with Crippen LogP contribution in [0.15, 0.2) is 29.3 Å².